The molecule has 0 fully saturated rings. The Labute approximate surface area is 144 Å². The van der Waals surface area contributed by atoms with Gasteiger partial charge in [0.05, 0.1) is 5.92 Å². The third kappa shape index (κ3) is 4.38. The van der Waals surface area contributed by atoms with Crippen molar-refractivity contribution in [3.63, 3.8) is 0 Å². The van der Waals surface area contributed by atoms with Crippen molar-refractivity contribution < 1.29 is 9.90 Å². The van der Waals surface area contributed by atoms with Gasteiger partial charge in [-0.25, -0.2) is 0 Å². The van der Waals surface area contributed by atoms with Gasteiger partial charge in [0.1, 0.15) is 0 Å². The lowest BCUT2D eigenvalue weighted by atomic mass is 9.84. The smallest absolute Gasteiger partial charge is 0.311 e. The van der Waals surface area contributed by atoms with Crippen molar-refractivity contribution in [3.05, 3.63) is 65.2 Å². The number of nitrogens with zero attached hydrogens (tertiary/aromatic N) is 1. The third-order valence-corrected chi connectivity index (χ3v) is 4.37. The average Bonchev–Trinajstić information content (AvgIpc) is 2.52. The number of anilines is 1. The van der Waals surface area contributed by atoms with E-state index in [1.165, 1.54) is 5.56 Å². The fourth-order valence-corrected chi connectivity index (χ4v) is 2.73. The molecule has 1 N–H and O–H groups in total. The Kier molecular flexibility index (Phi) is 5.33. The third-order valence-electron chi connectivity index (χ3n) is 4.37. The second-order valence-corrected chi connectivity index (χ2v) is 7.53. The first kappa shape index (κ1) is 18.1. The van der Waals surface area contributed by atoms with Crippen LogP contribution in [0.1, 0.15) is 43.4 Å². The van der Waals surface area contributed by atoms with Gasteiger partial charge in [-0.15, -0.1) is 0 Å². The van der Waals surface area contributed by atoms with Gasteiger partial charge in [-0.2, -0.15) is 0 Å². The molecule has 0 spiro atoms. The Bertz CT molecular complexity index is 679. The SMILES string of the molecule is CN(C)c1ccc(CC(C(=O)O)c2ccc(C(C)(C)C)cc2)cc1. The zero-order valence-electron chi connectivity index (χ0n) is 15.2. The maximum absolute atomic E-state index is 11.8. The number of rotatable bonds is 5. The normalized spacial score (nSPS) is 12.7. The minimum Gasteiger partial charge on any atom is -0.481 e. The molecule has 0 aliphatic rings. The summed E-state index contributed by atoms with van der Waals surface area (Å²) in [6.45, 7) is 6.47. The van der Waals surface area contributed by atoms with Crippen LogP contribution >= 0.6 is 0 Å². The number of carboxylic acid groups (broad SMARTS) is 1. The molecule has 3 heteroatoms. The summed E-state index contributed by atoms with van der Waals surface area (Å²) in [7, 11) is 3.98. The molecule has 2 aromatic rings. The van der Waals surface area contributed by atoms with Crippen molar-refractivity contribution in [2.24, 2.45) is 0 Å². The Morgan fingerprint density at radius 2 is 1.54 bits per heavy atom. The maximum atomic E-state index is 11.8. The van der Waals surface area contributed by atoms with Crippen molar-refractivity contribution in [1.82, 2.24) is 0 Å². The van der Waals surface area contributed by atoms with Gasteiger partial charge in [0, 0.05) is 19.8 Å². The lowest BCUT2D eigenvalue weighted by Crippen LogP contribution is -2.16. The summed E-state index contributed by atoms with van der Waals surface area (Å²) in [5.74, 6) is -1.31. The molecule has 0 aliphatic heterocycles. The van der Waals surface area contributed by atoms with Crippen molar-refractivity contribution >= 4 is 11.7 Å². The van der Waals surface area contributed by atoms with Crippen molar-refractivity contribution in [2.75, 3.05) is 19.0 Å². The quantitative estimate of drug-likeness (QED) is 0.882. The molecule has 2 aromatic carbocycles. The van der Waals surface area contributed by atoms with Crippen LogP contribution < -0.4 is 4.90 Å². The van der Waals surface area contributed by atoms with Crippen LogP contribution in [0.15, 0.2) is 48.5 Å². The second-order valence-electron chi connectivity index (χ2n) is 7.53. The molecule has 0 saturated heterocycles. The number of carboxylic acids is 1. The van der Waals surface area contributed by atoms with Gasteiger partial charge in [0.2, 0.25) is 0 Å². The molecule has 2 rings (SSSR count). The molecule has 0 bridgehead atoms. The van der Waals surface area contributed by atoms with Gasteiger partial charge in [-0.05, 0) is 40.7 Å². The van der Waals surface area contributed by atoms with E-state index in [1.54, 1.807) is 0 Å². The predicted molar refractivity (Wildman–Crippen MR) is 100.0 cm³/mol. The molecule has 0 amide bonds. The minimum atomic E-state index is -0.782. The largest absolute Gasteiger partial charge is 0.481 e. The molecule has 24 heavy (non-hydrogen) atoms. The Morgan fingerprint density at radius 1 is 1.00 bits per heavy atom. The molecule has 1 unspecified atom stereocenters. The van der Waals surface area contributed by atoms with E-state index in [0.717, 1.165) is 16.8 Å². The number of carbonyl (C=O) groups is 1. The highest BCUT2D eigenvalue weighted by atomic mass is 16.4. The van der Waals surface area contributed by atoms with Crippen molar-refractivity contribution in [1.29, 1.82) is 0 Å². The second kappa shape index (κ2) is 7.08. The molecule has 128 valence electrons. The summed E-state index contributed by atoms with van der Waals surface area (Å²) in [6, 6.07) is 16.1. The molecule has 0 heterocycles. The fourth-order valence-electron chi connectivity index (χ4n) is 2.73. The Hall–Kier alpha value is -2.29. The molecular weight excluding hydrogens is 298 g/mol. The van der Waals surface area contributed by atoms with Crippen LogP contribution in [0.3, 0.4) is 0 Å². The lowest BCUT2D eigenvalue weighted by Gasteiger charge is -2.20. The van der Waals surface area contributed by atoms with Gasteiger partial charge in [0.25, 0.3) is 0 Å². The van der Waals surface area contributed by atoms with Crippen molar-refractivity contribution in [3.8, 4) is 0 Å². The molecule has 0 radical (unpaired) electrons. The van der Waals surface area contributed by atoms with Crippen LogP contribution in [0.4, 0.5) is 5.69 Å². The molecule has 0 aromatic heterocycles. The van der Waals surface area contributed by atoms with Crippen LogP contribution in [0.2, 0.25) is 0 Å². The lowest BCUT2D eigenvalue weighted by molar-refractivity contribution is -0.138. The standard InChI is InChI=1S/C21H27NO2/c1-21(2,3)17-10-8-16(9-11-17)19(20(23)24)14-15-6-12-18(13-7-15)22(4)5/h6-13,19H,14H2,1-5H3,(H,23,24). The molecule has 0 aliphatic carbocycles. The highest BCUT2D eigenvalue weighted by Gasteiger charge is 2.21. The predicted octanol–water partition coefficient (Wildman–Crippen LogP) is 4.46. The van der Waals surface area contributed by atoms with Crippen molar-refractivity contribution in [2.45, 2.75) is 38.5 Å². The monoisotopic (exact) mass is 325 g/mol. The van der Waals surface area contributed by atoms with E-state index in [-0.39, 0.29) is 5.41 Å². The summed E-state index contributed by atoms with van der Waals surface area (Å²) < 4.78 is 0. The van der Waals surface area contributed by atoms with Crippen LogP contribution in [0, 0.1) is 0 Å². The maximum Gasteiger partial charge on any atom is 0.311 e. The number of benzene rings is 2. The van der Waals surface area contributed by atoms with Crippen LogP contribution in [-0.4, -0.2) is 25.2 Å². The molecule has 1 atom stereocenters. The van der Waals surface area contributed by atoms with Crippen LogP contribution in [0.25, 0.3) is 0 Å². The van der Waals surface area contributed by atoms with Gasteiger partial charge in [-0.1, -0.05) is 57.2 Å². The van der Waals surface area contributed by atoms with E-state index < -0.39 is 11.9 Å². The summed E-state index contributed by atoms with van der Waals surface area (Å²) in [6.07, 6.45) is 0.498. The summed E-state index contributed by atoms with van der Waals surface area (Å²) in [5.41, 5.74) is 4.28. The molecule has 0 saturated carbocycles. The van der Waals surface area contributed by atoms with E-state index >= 15 is 0 Å². The first-order chi connectivity index (χ1) is 11.2. The fraction of sp³-hybridized carbons (Fsp3) is 0.381. The topological polar surface area (TPSA) is 40.5 Å². The van der Waals surface area contributed by atoms with E-state index in [1.807, 2.05) is 67.5 Å². The van der Waals surface area contributed by atoms with Gasteiger partial charge >= 0.3 is 5.97 Å². The zero-order chi connectivity index (χ0) is 17.9. The van der Waals surface area contributed by atoms with E-state index in [9.17, 15) is 9.90 Å². The van der Waals surface area contributed by atoms with Gasteiger partial charge in [-0.3, -0.25) is 4.79 Å². The van der Waals surface area contributed by atoms with Gasteiger partial charge < -0.3 is 10.0 Å². The molecular formula is C21H27NO2. The average molecular weight is 325 g/mol. The van der Waals surface area contributed by atoms with E-state index in [2.05, 4.69) is 20.8 Å². The number of hydrogen-bond donors (Lipinski definition) is 1. The number of hydrogen-bond acceptors (Lipinski definition) is 2. The molecule has 3 nitrogen and oxygen atoms in total. The Balaban J connectivity index is 2.22. The van der Waals surface area contributed by atoms with Crippen LogP contribution in [-0.2, 0) is 16.6 Å². The van der Waals surface area contributed by atoms with E-state index in [0.29, 0.717) is 6.42 Å². The summed E-state index contributed by atoms with van der Waals surface area (Å²) >= 11 is 0. The zero-order valence-corrected chi connectivity index (χ0v) is 15.2. The van der Waals surface area contributed by atoms with Gasteiger partial charge in [0.15, 0.2) is 0 Å². The number of aliphatic carboxylic acids is 1. The highest BCUT2D eigenvalue weighted by Crippen LogP contribution is 2.27. The minimum absolute atomic E-state index is 0.0687. The summed E-state index contributed by atoms with van der Waals surface area (Å²) in [4.78, 5) is 13.8. The highest BCUT2D eigenvalue weighted by molar-refractivity contribution is 5.76. The Morgan fingerprint density at radius 3 is 1.96 bits per heavy atom. The first-order valence-electron chi connectivity index (χ1n) is 8.28. The summed E-state index contributed by atoms with van der Waals surface area (Å²) in [5, 5.41) is 9.65. The van der Waals surface area contributed by atoms with E-state index in [4.69, 9.17) is 0 Å². The first-order valence-corrected chi connectivity index (χ1v) is 8.28. The van der Waals surface area contributed by atoms with Crippen LogP contribution in [0.5, 0.6) is 0 Å².